The molecule has 0 saturated carbocycles. The number of halogens is 1. The normalized spacial score (nSPS) is 13.9. The Labute approximate surface area is 170 Å². The molecule has 1 aromatic heterocycles. The van der Waals surface area contributed by atoms with Gasteiger partial charge >= 0.3 is 0 Å². The molecule has 150 valence electrons. The second kappa shape index (κ2) is 9.32. The lowest BCUT2D eigenvalue weighted by Crippen LogP contribution is -2.29. The van der Waals surface area contributed by atoms with Crippen molar-refractivity contribution in [2.24, 2.45) is 0 Å². The molecule has 0 aliphatic carbocycles. The number of hydrogen-bond donors (Lipinski definition) is 2. The van der Waals surface area contributed by atoms with E-state index >= 15 is 0 Å². The van der Waals surface area contributed by atoms with E-state index in [0.717, 1.165) is 30.8 Å². The molecule has 0 unspecified atom stereocenters. The smallest absolute Gasteiger partial charge is 0.249 e. The zero-order chi connectivity index (χ0) is 19.9. The summed E-state index contributed by atoms with van der Waals surface area (Å²) in [5.41, 5.74) is 3.24. The summed E-state index contributed by atoms with van der Waals surface area (Å²) in [7, 11) is 0. The average Bonchev–Trinajstić information content (AvgIpc) is 2.77. The summed E-state index contributed by atoms with van der Waals surface area (Å²) in [6.07, 6.45) is 6.22. The quantitative estimate of drug-likeness (QED) is 0.621. The fraction of sp³-hybridized carbons (Fsp3) is 0.318. The maximum absolute atomic E-state index is 13.0. The lowest BCUT2D eigenvalue weighted by atomic mass is 10.1. The minimum atomic E-state index is -0.221. The van der Waals surface area contributed by atoms with Gasteiger partial charge in [0.1, 0.15) is 5.82 Å². The van der Waals surface area contributed by atoms with Crippen LogP contribution in [-0.2, 0) is 6.42 Å². The first-order valence-electron chi connectivity index (χ1n) is 10.1. The summed E-state index contributed by atoms with van der Waals surface area (Å²) in [4.78, 5) is 6.89. The summed E-state index contributed by atoms with van der Waals surface area (Å²) in [6, 6.07) is 14.9. The van der Waals surface area contributed by atoms with Crippen molar-refractivity contribution in [1.82, 2.24) is 15.2 Å². The van der Waals surface area contributed by atoms with Gasteiger partial charge in [0.15, 0.2) is 5.82 Å². The highest BCUT2D eigenvalue weighted by molar-refractivity contribution is 5.59. The van der Waals surface area contributed by atoms with Crippen molar-refractivity contribution in [2.45, 2.75) is 25.7 Å². The molecule has 4 rings (SSSR count). The molecule has 1 aliphatic rings. The van der Waals surface area contributed by atoms with Crippen molar-refractivity contribution in [2.75, 3.05) is 35.2 Å². The van der Waals surface area contributed by atoms with Crippen LogP contribution in [0.2, 0.25) is 0 Å². The summed E-state index contributed by atoms with van der Waals surface area (Å²) >= 11 is 0. The van der Waals surface area contributed by atoms with E-state index in [-0.39, 0.29) is 5.82 Å². The molecule has 6 nitrogen and oxygen atoms in total. The first-order valence-corrected chi connectivity index (χ1v) is 10.1. The summed E-state index contributed by atoms with van der Waals surface area (Å²) in [5, 5.41) is 14.5. The van der Waals surface area contributed by atoms with Crippen molar-refractivity contribution in [3.63, 3.8) is 0 Å². The topological polar surface area (TPSA) is 66.0 Å². The van der Waals surface area contributed by atoms with E-state index < -0.39 is 0 Å². The van der Waals surface area contributed by atoms with Crippen LogP contribution in [0.5, 0.6) is 0 Å². The number of hydrogen-bond acceptors (Lipinski definition) is 6. The summed E-state index contributed by atoms with van der Waals surface area (Å²) < 4.78 is 13.0. The molecule has 0 radical (unpaired) electrons. The lowest BCUT2D eigenvalue weighted by Gasteiger charge is -2.28. The van der Waals surface area contributed by atoms with Crippen molar-refractivity contribution < 1.29 is 4.39 Å². The van der Waals surface area contributed by atoms with Gasteiger partial charge in [0, 0.05) is 31.0 Å². The number of rotatable bonds is 7. The largest absolute Gasteiger partial charge is 0.372 e. The van der Waals surface area contributed by atoms with Gasteiger partial charge in [0.2, 0.25) is 5.95 Å². The van der Waals surface area contributed by atoms with Crippen LogP contribution >= 0.6 is 0 Å². The highest BCUT2D eigenvalue weighted by Gasteiger charge is 2.10. The van der Waals surface area contributed by atoms with Crippen LogP contribution in [0.3, 0.4) is 0 Å². The number of benzene rings is 2. The van der Waals surface area contributed by atoms with Crippen molar-refractivity contribution in [3.05, 3.63) is 66.1 Å². The van der Waals surface area contributed by atoms with E-state index in [0.29, 0.717) is 18.3 Å². The third-order valence-corrected chi connectivity index (χ3v) is 5.04. The highest BCUT2D eigenvalue weighted by Crippen LogP contribution is 2.23. The van der Waals surface area contributed by atoms with Gasteiger partial charge in [-0.15, -0.1) is 5.10 Å². The van der Waals surface area contributed by atoms with Crippen LogP contribution in [0, 0.1) is 5.82 Å². The van der Waals surface area contributed by atoms with Gasteiger partial charge in [-0.2, -0.15) is 10.1 Å². The summed E-state index contributed by atoms with van der Waals surface area (Å²) in [6.45, 7) is 2.94. The monoisotopic (exact) mass is 392 g/mol. The van der Waals surface area contributed by atoms with Crippen LogP contribution < -0.4 is 15.5 Å². The Morgan fingerprint density at radius 2 is 1.69 bits per heavy atom. The zero-order valence-corrected chi connectivity index (χ0v) is 16.3. The van der Waals surface area contributed by atoms with Gasteiger partial charge in [-0.1, -0.05) is 12.1 Å². The van der Waals surface area contributed by atoms with E-state index in [2.05, 4.69) is 42.8 Å². The van der Waals surface area contributed by atoms with Crippen LogP contribution in [0.25, 0.3) is 0 Å². The van der Waals surface area contributed by atoms with Crippen molar-refractivity contribution in [1.29, 1.82) is 0 Å². The first kappa shape index (κ1) is 19.1. The zero-order valence-electron chi connectivity index (χ0n) is 16.3. The first-order chi connectivity index (χ1) is 14.3. The van der Waals surface area contributed by atoms with Crippen LogP contribution in [0.4, 0.5) is 27.5 Å². The van der Waals surface area contributed by atoms with Gasteiger partial charge in [-0.3, -0.25) is 0 Å². The number of piperidine rings is 1. The highest BCUT2D eigenvalue weighted by atomic mass is 19.1. The number of nitrogens with zero attached hydrogens (tertiary/aromatic N) is 4. The Morgan fingerprint density at radius 3 is 2.45 bits per heavy atom. The predicted molar refractivity (Wildman–Crippen MR) is 114 cm³/mol. The molecule has 3 aromatic rings. The molecule has 0 spiro atoms. The molecule has 0 amide bonds. The van der Waals surface area contributed by atoms with E-state index in [1.807, 2.05) is 12.1 Å². The molecular formula is C22H25FN6. The van der Waals surface area contributed by atoms with E-state index in [1.165, 1.54) is 37.1 Å². The van der Waals surface area contributed by atoms with E-state index in [9.17, 15) is 4.39 Å². The van der Waals surface area contributed by atoms with Crippen LogP contribution in [0.1, 0.15) is 24.8 Å². The molecule has 2 N–H and O–H groups in total. The second-order valence-corrected chi connectivity index (χ2v) is 7.19. The molecule has 1 fully saturated rings. The lowest BCUT2D eigenvalue weighted by molar-refractivity contribution is 0.578. The molecule has 0 bridgehead atoms. The Balaban J connectivity index is 1.31. The third kappa shape index (κ3) is 5.40. The van der Waals surface area contributed by atoms with Gasteiger partial charge in [-0.05, 0) is 67.6 Å². The molecule has 1 saturated heterocycles. The number of aromatic nitrogens is 3. The standard InChI is InChI=1S/C22H25FN6/c23-18-6-4-17(5-7-18)12-13-24-21-16-25-28-22(27-21)26-19-8-10-20(11-9-19)29-14-2-1-3-15-29/h4-11,16H,1-3,12-15H2,(H2,24,26,27,28). The Bertz CT molecular complexity index is 907. The summed E-state index contributed by atoms with van der Waals surface area (Å²) in [5.74, 6) is 0.874. The molecule has 1 aliphatic heterocycles. The van der Waals surface area contributed by atoms with Crippen molar-refractivity contribution >= 4 is 23.1 Å². The van der Waals surface area contributed by atoms with Crippen LogP contribution in [-0.4, -0.2) is 34.8 Å². The number of anilines is 4. The molecule has 0 atom stereocenters. The Hall–Kier alpha value is -3.22. The minimum Gasteiger partial charge on any atom is -0.372 e. The van der Waals surface area contributed by atoms with E-state index in [1.54, 1.807) is 18.3 Å². The molecule has 2 aromatic carbocycles. The van der Waals surface area contributed by atoms with Gasteiger partial charge < -0.3 is 15.5 Å². The molecule has 7 heteroatoms. The maximum Gasteiger partial charge on any atom is 0.249 e. The predicted octanol–water partition coefficient (Wildman–Crippen LogP) is 4.40. The third-order valence-electron chi connectivity index (χ3n) is 5.04. The number of nitrogens with one attached hydrogen (secondary N) is 2. The SMILES string of the molecule is Fc1ccc(CCNc2cnnc(Nc3ccc(N4CCCCC4)cc3)n2)cc1. The fourth-order valence-electron chi connectivity index (χ4n) is 3.46. The molecular weight excluding hydrogens is 367 g/mol. The van der Waals surface area contributed by atoms with Gasteiger partial charge in [0.05, 0.1) is 6.20 Å². The molecule has 29 heavy (non-hydrogen) atoms. The van der Waals surface area contributed by atoms with Gasteiger partial charge in [-0.25, -0.2) is 4.39 Å². The van der Waals surface area contributed by atoms with Crippen LogP contribution in [0.15, 0.2) is 54.7 Å². The fourth-order valence-corrected chi connectivity index (χ4v) is 3.46. The van der Waals surface area contributed by atoms with Gasteiger partial charge in [0.25, 0.3) is 0 Å². The minimum absolute atomic E-state index is 0.221. The Kier molecular flexibility index (Phi) is 6.14. The van der Waals surface area contributed by atoms with E-state index in [4.69, 9.17) is 0 Å². The molecule has 2 heterocycles. The van der Waals surface area contributed by atoms with Crippen molar-refractivity contribution in [3.8, 4) is 0 Å². The average molecular weight is 392 g/mol. The second-order valence-electron chi connectivity index (χ2n) is 7.19. The Morgan fingerprint density at radius 1 is 0.931 bits per heavy atom. The maximum atomic E-state index is 13.0.